The minimum absolute atomic E-state index is 0.0438. The molecule has 0 bridgehead atoms. The third kappa shape index (κ3) is 2.85. The van der Waals surface area contributed by atoms with Crippen LogP contribution in [0, 0.1) is 0 Å². The molecule has 0 aromatic carbocycles. The average Bonchev–Trinajstić information content (AvgIpc) is 2.82. The number of rotatable bonds is 4. The molecule has 1 aliphatic rings. The van der Waals surface area contributed by atoms with Gasteiger partial charge in [0.2, 0.25) is 11.8 Å². The fraction of sp³-hybridized carbons (Fsp3) is 0.500. The van der Waals surface area contributed by atoms with E-state index in [1.54, 1.807) is 16.2 Å². The van der Waals surface area contributed by atoms with E-state index in [0.29, 0.717) is 13.0 Å². The number of hydrogen-bond donors (Lipinski definition) is 1. The van der Waals surface area contributed by atoms with Crippen molar-refractivity contribution in [1.82, 2.24) is 10.2 Å². The van der Waals surface area contributed by atoms with E-state index in [2.05, 4.69) is 16.8 Å². The number of nitrogens with zero attached hydrogens (tertiary/aromatic N) is 1. The van der Waals surface area contributed by atoms with Crippen LogP contribution in [0.2, 0.25) is 0 Å². The minimum atomic E-state index is -0.335. The van der Waals surface area contributed by atoms with Crippen molar-refractivity contribution in [3.63, 3.8) is 0 Å². The van der Waals surface area contributed by atoms with Gasteiger partial charge < -0.3 is 10.2 Å². The second kappa shape index (κ2) is 5.31. The predicted molar refractivity (Wildman–Crippen MR) is 66.8 cm³/mol. The van der Waals surface area contributed by atoms with Gasteiger partial charge in [0, 0.05) is 6.54 Å². The Labute approximate surface area is 105 Å². The van der Waals surface area contributed by atoms with Crippen LogP contribution in [0.25, 0.3) is 0 Å². The van der Waals surface area contributed by atoms with Crippen LogP contribution >= 0.6 is 11.3 Å². The Morgan fingerprint density at radius 1 is 1.53 bits per heavy atom. The summed E-state index contributed by atoms with van der Waals surface area (Å²) in [7, 11) is 0. The van der Waals surface area contributed by atoms with Crippen molar-refractivity contribution in [1.29, 1.82) is 0 Å². The molecule has 92 valence electrons. The Morgan fingerprint density at radius 2 is 2.35 bits per heavy atom. The lowest BCUT2D eigenvalue weighted by Crippen LogP contribution is -2.58. The highest BCUT2D eigenvalue weighted by Crippen LogP contribution is 2.10. The molecular weight excluding hydrogens is 236 g/mol. The zero-order valence-corrected chi connectivity index (χ0v) is 10.6. The Kier molecular flexibility index (Phi) is 3.78. The minimum Gasteiger partial charge on any atom is -0.343 e. The van der Waals surface area contributed by atoms with Gasteiger partial charge in [0.15, 0.2) is 0 Å². The molecule has 0 aliphatic carbocycles. The molecular formula is C12H16N2O2S. The third-order valence-electron chi connectivity index (χ3n) is 2.94. The first-order valence-electron chi connectivity index (χ1n) is 5.80. The molecule has 1 atom stereocenters. The van der Waals surface area contributed by atoms with Crippen LogP contribution in [0.4, 0.5) is 0 Å². The molecule has 4 nitrogen and oxygen atoms in total. The molecule has 1 unspecified atom stereocenters. The maximum atomic E-state index is 12.0. The van der Waals surface area contributed by atoms with E-state index in [9.17, 15) is 9.59 Å². The lowest BCUT2D eigenvalue weighted by atomic mass is 10.1. The number of carbonyl (C=O) groups excluding carboxylic acids is 2. The zero-order chi connectivity index (χ0) is 12.3. The summed E-state index contributed by atoms with van der Waals surface area (Å²) < 4.78 is 0. The van der Waals surface area contributed by atoms with Crippen molar-refractivity contribution in [2.24, 2.45) is 0 Å². The smallest absolute Gasteiger partial charge is 0.245 e. The quantitative estimate of drug-likeness (QED) is 0.870. The Hall–Kier alpha value is -1.36. The number of thiophene rings is 1. The normalized spacial score (nSPS) is 20.5. The van der Waals surface area contributed by atoms with E-state index in [4.69, 9.17) is 0 Å². The number of hydrogen-bond acceptors (Lipinski definition) is 3. The van der Waals surface area contributed by atoms with Gasteiger partial charge in [-0.2, -0.15) is 11.3 Å². The van der Waals surface area contributed by atoms with Crippen LogP contribution < -0.4 is 5.32 Å². The Balaban J connectivity index is 1.94. The highest BCUT2D eigenvalue weighted by molar-refractivity contribution is 7.07. The van der Waals surface area contributed by atoms with Gasteiger partial charge in [-0.15, -0.1) is 0 Å². The van der Waals surface area contributed by atoms with Crippen LogP contribution in [0.3, 0.4) is 0 Å². The average molecular weight is 252 g/mol. The molecule has 1 saturated heterocycles. The van der Waals surface area contributed by atoms with E-state index < -0.39 is 0 Å². The molecule has 1 aliphatic heterocycles. The van der Waals surface area contributed by atoms with Crippen LogP contribution in [-0.2, 0) is 16.0 Å². The summed E-state index contributed by atoms with van der Waals surface area (Å²) in [5.74, 6) is -0.0101. The first-order valence-corrected chi connectivity index (χ1v) is 6.74. The van der Waals surface area contributed by atoms with Crippen molar-refractivity contribution in [2.45, 2.75) is 25.8 Å². The van der Waals surface area contributed by atoms with Gasteiger partial charge in [0.25, 0.3) is 0 Å². The van der Waals surface area contributed by atoms with Crippen LogP contribution in [0.1, 0.15) is 18.9 Å². The van der Waals surface area contributed by atoms with Gasteiger partial charge in [-0.25, -0.2) is 0 Å². The summed E-state index contributed by atoms with van der Waals surface area (Å²) in [6, 6.07) is 1.72. The predicted octanol–water partition coefficient (Wildman–Crippen LogP) is 1.03. The number of piperazine rings is 1. The van der Waals surface area contributed by atoms with Gasteiger partial charge in [-0.05, 0) is 35.2 Å². The lowest BCUT2D eigenvalue weighted by Gasteiger charge is -2.32. The maximum Gasteiger partial charge on any atom is 0.245 e. The summed E-state index contributed by atoms with van der Waals surface area (Å²) in [4.78, 5) is 25.1. The monoisotopic (exact) mass is 252 g/mol. The molecule has 0 saturated carbocycles. The molecule has 1 aromatic heterocycles. The molecule has 1 fully saturated rings. The van der Waals surface area contributed by atoms with Gasteiger partial charge >= 0.3 is 0 Å². The summed E-state index contributed by atoms with van der Waals surface area (Å²) in [5, 5.41) is 6.81. The number of nitrogens with one attached hydrogen (secondary N) is 1. The molecule has 2 amide bonds. The molecule has 2 rings (SSSR count). The van der Waals surface area contributed by atoms with E-state index >= 15 is 0 Å². The summed E-state index contributed by atoms with van der Waals surface area (Å²) in [6.45, 7) is 2.73. The van der Waals surface area contributed by atoms with E-state index in [1.807, 2.05) is 12.3 Å². The van der Waals surface area contributed by atoms with Crippen LogP contribution in [-0.4, -0.2) is 35.8 Å². The third-order valence-corrected chi connectivity index (χ3v) is 3.67. The summed E-state index contributed by atoms with van der Waals surface area (Å²) in [5.41, 5.74) is 1.22. The maximum absolute atomic E-state index is 12.0. The van der Waals surface area contributed by atoms with E-state index in [1.165, 1.54) is 5.56 Å². The molecule has 0 radical (unpaired) electrons. The zero-order valence-electron chi connectivity index (χ0n) is 9.81. The number of carbonyl (C=O) groups is 2. The van der Waals surface area contributed by atoms with E-state index in [-0.39, 0.29) is 24.4 Å². The van der Waals surface area contributed by atoms with Crippen LogP contribution in [0.15, 0.2) is 16.8 Å². The van der Waals surface area contributed by atoms with Crippen LogP contribution in [0.5, 0.6) is 0 Å². The van der Waals surface area contributed by atoms with Crippen molar-refractivity contribution in [3.05, 3.63) is 22.4 Å². The second-order valence-electron chi connectivity index (χ2n) is 4.17. The highest BCUT2D eigenvalue weighted by Gasteiger charge is 2.30. The number of amides is 2. The van der Waals surface area contributed by atoms with Gasteiger partial charge in [0.1, 0.15) is 6.04 Å². The first kappa shape index (κ1) is 12.1. The molecule has 2 heterocycles. The topological polar surface area (TPSA) is 49.4 Å². The SMILES string of the molecule is CCC1NC(=O)CN(CCc2ccsc2)C1=O. The Morgan fingerprint density at radius 3 is 3.00 bits per heavy atom. The second-order valence-corrected chi connectivity index (χ2v) is 4.95. The van der Waals surface area contributed by atoms with Gasteiger partial charge in [-0.1, -0.05) is 6.92 Å². The fourth-order valence-electron chi connectivity index (χ4n) is 1.94. The molecule has 1 aromatic rings. The van der Waals surface area contributed by atoms with Crippen molar-refractivity contribution in [2.75, 3.05) is 13.1 Å². The molecule has 1 N–H and O–H groups in total. The largest absolute Gasteiger partial charge is 0.343 e. The van der Waals surface area contributed by atoms with Crippen molar-refractivity contribution >= 4 is 23.2 Å². The van der Waals surface area contributed by atoms with Crippen molar-refractivity contribution < 1.29 is 9.59 Å². The molecule has 17 heavy (non-hydrogen) atoms. The van der Waals surface area contributed by atoms with E-state index in [0.717, 1.165) is 6.42 Å². The van der Waals surface area contributed by atoms with Crippen molar-refractivity contribution in [3.8, 4) is 0 Å². The molecule has 5 heteroatoms. The lowest BCUT2D eigenvalue weighted by molar-refractivity contribution is -0.144. The highest BCUT2D eigenvalue weighted by atomic mass is 32.1. The fourth-order valence-corrected chi connectivity index (χ4v) is 2.64. The molecule has 0 spiro atoms. The first-order chi connectivity index (χ1) is 8.20. The Bertz CT molecular complexity index is 403. The van der Waals surface area contributed by atoms with Gasteiger partial charge in [-0.3, -0.25) is 9.59 Å². The standard InChI is InChI=1S/C12H16N2O2S/c1-2-10-12(16)14(7-11(15)13-10)5-3-9-4-6-17-8-9/h4,6,8,10H,2-3,5,7H2,1H3,(H,13,15). The summed E-state index contributed by atoms with van der Waals surface area (Å²) >= 11 is 1.65. The van der Waals surface area contributed by atoms with Gasteiger partial charge in [0.05, 0.1) is 6.54 Å². The summed E-state index contributed by atoms with van der Waals surface area (Å²) in [6.07, 6.45) is 1.47.